The molecule has 10 heteroatoms. The molecule has 2 aromatic carbocycles. The van der Waals surface area contributed by atoms with Crippen LogP contribution in [0.3, 0.4) is 0 Å². The number of piperidine rings is 1. The number of amides is 2. The second kappa shape index (κ2) is 11.4. The smallest absolute Gasteiger partial charge is 0.231 e. The van der Waals surface area contributed by atoms with Gasteiger partial charge in [-0.25, -0.2) is 0 Å². The monoisotopic (exact) mass is 595 g/mol. The van der Waals surface area contributed by atoms with Crippen LogP contribution in [0.1, 0.15) is 42.1 Å². The molecule has 1 saturated heterocycles. The Morgan fingerprint density at radius 1 is 1.10 bits per heavy atom. The molecule has 3 aliphatic rings. The van der Waals surface area contributed by atoms with Gasteiger partial charge in [-0.05, 0) is 55.2 Å². The summed E-state index contributed by atoms with van der Waals surface area (Å²) in [6, 6.07) is 11.7. The summed E-state index contributed by atoms with van der Waals surface area (Å²) in [7, 11) is 0. The number of carbonyl (C=O) groups is 2. The fourth-order valence-electron chi connectivity index (χ4n) is 6.54. The number of likely N-dealkylation sites (tertiary alicyclic amines) is 1. The van der Waals surface area contributed by atoms with Crippen molar-refractivity contribution in [3.63, 3.8) is 0 Å². The zero-order valence-electron chi connectivity index (χ0n) is 23.4. The van der Waals surface area contributed by atoms with Crippen molar-refractivity contribution >= 4 is 40.7 Å². The molecule has 4 heterocycles. The highest BCUT2D eigenvalue weighted by atomic mass is 35.5. The normalized spacial score (nSPS) is 18.5. The van der Waals surface area contributed by atoms with Crippen LogP contribution in [0.5, 0.6) is 0 Å². The van der Waals surface area contributed by atoms with E-state index in [2.05, 4.69) is 4.90 Å². The van der Waals surface area contributed by atoms with Crippen LogP contribution >= 0.6 is 23.2 Å². The van der Waals surface area contributed by atoms with E-state index in [1.165, 1.54) is 0 Å². The van der Waals surface area contributed by atoms with Gasteiger partial charge in [-0.15, -0.1) is 0 Å². The summed E-state index contributed by atoms with van der Waals surface area (Å²) in [5, 5.41) is 17.5. The van der Waals surface area contributed by atoms with Crippen LogP contribution in [-0.4, -0.2) is 74.8 Å². The van der Waals surface area contributed by atoms with Gasteiger partial charge in [0.2, 0.25) is 11.8 Å². The summed E-state index contributed by atoms with van der Waals surface area (Å²) < 4.78 is 1.94. The largest absolute Gasteiger partial charge is 0.390 e. The molecule has 0 spiro atoms. The fraction of sp³-hybridized carbons (Fsp3) is 0.452. The van der Waals surface area contributed by atoms with Crippen LogP contribution in [0.4, 0.5) is 5.69 Å². The van der Waals surface area contributed by atoms with E-state index in [0.29, 0.717) is 49.1 Å². The van der Waals surface area contributed by atoms with Crippen molar-refractivity contribution in [3.8, 4) is 11.3 Å². The van der Waals surface area contributed by atoms with E-state index in [1.54, 1.807) is 6.92 Å². The lowest BCUT2D eigenvalue weighted by Gasteiger charge is -2.37. The Hall–Kier alpha value is -2.91. The van der Waals surface area contributed by atoms with E-state index in [1.807, 2.05) is 57.8 Å². The molecular weight excluding hydrogens is 561 g/mol. The molecule has 1 unspecified atom stereocenters. The number of rotatable bonds is 6. The Bertz CT molecular complexity index is 1500. The third-order valence-corrected chi connectivity index (χ3v) is 9.36. The van der Waals surface area contributed by atoms with Crippen LogP contribution in [0.15, 0.2) is 36.4 Å². The molecule has 2 amide bonds. The number of β-amino-alcohol motifs (C(OH)–C–C–N with tert-alkyl or cyclic N) is 1. The SMILES string of the molecule is CC(=O)N1CCc2c(c(-c3ccc(Cl)c(C)c3)nn2CC(O)CN2CCC(N3C(=O)Cc4ccc(Cl)cc43)CC2)C1. The Balaban J connectivity index is 1.13. The number of carbonyl (C=O) groups excluding carboxylic acids is 2. The van der Waals surface area contributed by atoms with E-state index in [-0.39, 0.29) is 17.9 Å². The molecule has 3 aromatic rings. The highest BCUT2D eigenvalue weighted by molar-refractivity contribution is 6.31. The van der Waals surface area contributed by atoms with Gasteiger partial charge in [0.1, 0.15) is 0 Å². The Morgan fingerprint density at radius 3 is 2.61 bits per heavy atom. The maximum atomic E-state index is 12.8. The number of fused-ring (bicyclic) bond motifs is 2. The first-order valence-electron chi connectivity index (χ1n) is 14.3. The number of halogens is 2. The zero-order valence-corrected chi connectivity index (χ0v) is 25.0. The number of anilines is 1. The van der Waals surface area contributed by atoms with Crippen molar-refractivity contribution in [2.75, 3.05) is 31.1 Å². The van der Waals surface area contributed by atoms with Gasteiger partial charge in [0.25, 0.3) is 0 Å². The Labute approximate surface area is 250 Å². The molecule has 8 nitrogen and oxygen atoms in total. The van der Waals surface area contributed by atoms with E-state index in [4.69, 9.17) is 28.3 Å². The van der Waals surface area contributed by atoms with Crippen LogP contribution < -0.4 is 4.90 Å². The zero-order chi connectivity index (χ0) is 28.8. The highest BCUT2D eigenvalue weighted by Gasteiger charge is 2.35. The Morgan fingerprint density at radius 2 is 1.88 bits per heavy atom. The van der Waals surface area contributed by atoms with E-state index in [9.17, 15) is 14.7 Å². The first-order chi connectivity index (χ1) is 19.7. The summed E-state index contributed by atoms with van der Waals surface area (Å²) in [5.41, 5.74) is 6.87. The van der Waals surface area contributed by atoms with E-state index >= 15 is 0 Å². The first kappa shape index (κ1) is 28.2. The number of benzene rings is 2. The summed E-state index contributed by atoms with van der Waals surface area (Å²) in [6.45, 7) is 7.25. The van der Waals surface area contributed by atoms with Gasteiger partial charge in [-0.1, -0.05) is 35.3 Å². The number of aliphatic hydroxyl groups excluding tert-OH is 1. The van der Waals surface area contributed by atoms with Crippen LogP contribution in [0, 0.1) is 6.92 Å². The highest BCUT2D eigenvalue weighted by Crippen LogP contribution is 2.36. The third-order valence-electron chi connectivity index (χ3n) is 8.70. The molecule has 3 aliphatic heterocycles. The molecule has 1 N–H and O–H groups in total. The topological polar surface area (TPSA) is 81.9 Å². The average molecular weight is 597 g/mol. The van der Waals surface area contributed by atoms with Crippen molar-refractivity contribution in [2.45, 2.75) is 64.8 Å². The predicted molar refractivity (Wildman–Crippen MR) is 160 cm³/mol. The van der Waals surface area contributed by atoms with Crippen molar-refractivity contribution < 1.29 is 14.7 Å². The number of hydrogen-bond acceptors (Lipinski definition) is 5. The van der Waals surface area contributed by atoms with Gasteiger partial charge in [-0.3, -0.25) is 14.3 Å². The molecule has 0 bridgehead atoms. The number of aromatic nitrogens is 2. The van der Waals surface area contributed by atoms with Gasteiger partial charge in [0.05, 0.1) is 24.8 Å². The fourth-order valence-corrected chi connectivity index (χ4v) is 6.83. The van der Waals surface area contributed by atoms with Crippen LogP contribution in [0.2, 0.25) is 10.0 Å². The van der Waals surface area contributed by atoms with E-state index < -0.39 is 6.10 Å². The number of aryl methyl sites for hydroxylation is 1. The van der Waals surface area contributed by atoms with Crippen molar-refractivity contribution in [2.24, 2.45) is 0 Å². The van der Waals surface area contributed by atoms with Gasteiger partial charge in [0, 0.05) is 84.7 Å². The van der Waals surface area contributed by atoms with Crippen molar-refractivity contribution in [1.29, 1.82) is 0 Å². The second-order valence-corrected chi connectivity index (χ2v) is 12.4. The van der Waals surface area contributed by atoms with Gasteiger partial charge in [-0.2, -0.15) is 5.10 Å². The summed E-state index contributed by atoms with van der Waals surface area (Å²) in [5.74, 6) is 0.187. The Kier molecular flexibility index (Phi) is 7.85. The maximum absolute atomic E-state index is 12.8. The number of hydrogen-bond donors (Lipinski definition) is 1. The van der Waals surface area contributed by atoms with Crippen molar-refractivity contribution in [3.05, 3.63) is 68.8 Å². The minimum Gasteiger partial charge on any atom is -0.390 e. The minimum atomic E-state index is -0.603. The lowest BCUT2D eigenvalue weighted by Crippen LogP contribution is -2.48. The lowest BCUT2D eigenvalue weighted by molar-refractivity contribution is -0.129. The molecule has 0 saturated carbocycles. The molecule has 1 aromatic heterocycles. The lowest BCUT2D eigenvalue weighted by atomic mass is 9.99. The third kappa shape index (κ3) is 5.63. The minimum absolute atomic E-state index is 0.0484. The molecule has 41 heavy (non-hydrogen) atoms. The summed E-state index contributed by atoms with van der Waals surface area (Å²) in [4.78, 5) is 31.0. The van der Waals surface area contributed by atoms with Gasteiger partial charge >= 0.3 is 0 Å². The van der Waals surface area contributed by atoms with E-state index in [0.717, 1.165) is 65.3 Å². The summed E-state index contributed by atoms with van der Waals surface area (Å²) in [6.07, 6.45) is 2.23. The molecule has 6 rings (SSSR count). The first-order valence-corrected chi connectivity index (χ1v) is 15.0. The van der Waals surface area contributed by atoms with Gasteiger partial charge in [0.15, 0.2) is 0 Å². The number of nitrogens with zero attached hydrogens (tertiary/aromatic N) is 5. The van der Waals surface area contributed by atoms with Crippen molar-refractivity contribution in [1.82, 2.24) is 19.6 Å². The average Bonchev–Trinajstić information content (AvgIpc) is 3.46. The standard InChI is InChI=1S/C31H35Cl2N5O3/c1-19-13-22(4-6-27(19)33)31-26-18-36(20(2)39)12-9-28(26)37(34-31)17-25(40)16-35-10-7-24(8-11-35)38-29-15-23(32)5-3-21(29)14-30(38)41/h3-6,13,15,24-25,40H,7-12,14,16-18H2,1-2H3. The van der Waals surface area contributed by atoms with Crippen LogP contribution in [-0.2, 0) is 35.5 Å². The molecule has 216 valence electrons. The molecular formula is C31H35Cl2N5O3. The predicted octanol–water partition coefficient (Wildman–Crippen LogP) is 4.48. The van der Waals surface area contributed by atoms with Gasteiger partial charge < -0.3 is 19.8 Å². The molecule has 1 atom stereocenters. The van der Waals surface area contributed by atoms with Crippen LogP contribution in [0.25, 0.3) is 11.3 Å². The molecule has 1 fully saturated rings. The maximum Gasteiger partial charge on any atom is 0.231 e. The molecule has 0 aliphatic carbocycles. The summed E-state index contributed by atoms with van der Waals surface area (Å²) >= 11 is 12.5. The molecule has 0 radical (unpaired) electrons. The quantitative estimate of drug-likeness (QED) is 0.454. The second-order valence-electron chi connectivity index (χ2n) is 11.5. The number of aliphatic hydroxyl groups is 1.